The van der Waals surface area contributed by atoms with Crippen molar-refractivity contribution in [2.45, 2.75) is 47.5 Å². The Morgan fingerprint density at radius 1 is 1.21 bits per heavy atom. The molecule has 0 aliphatic carbocycles. The number of Topliss-reactive ketones (excluding diaryl/α,β-unsaturated/α-hetero) is 1. The number of hydrogen-bond acceptors (Lipinski definition) is 1. The first-order valence-electron chi connectivity index (χ1n) is 5.42. The third-order valence-corrected chi connectivity index (χ3v) is 2.25. The number of rotatable bonds is 5. The number of ketones is 1. The zero-order valence-corrected chi connectivity index (χ0v) is 10.1. The molecule has 0 saturated carbocycles. The SMILES string of the molecule is CC#CC[C@H](CC(C)C)C(=O)C(C)C. The third-order valence-electron chi connectivity index (χ3n) is 2.25. The second-order valence-corrected chi connectivity index (χ2v) is 4.51. The summed E-state index contributed by atoms with van der Waals surface area (Å²) >= 11 is 0. The molecule has 14 heavy (non-hydrogen) atoms. The van der Waals surface area contributed by atoms with Crippen molar-refractivity contribution in [3.63, 3.8) is 0 Å². The summed E-state index contributed by atoms with van der Waals surface area (Å²) in [6.07, 6.45) is 1.69. The third kappa shape index (κ3) is 5.07. The highest BCUT2D eigenvalue weighted by Crippen LogP contribution is 2.19. The van der Waals surface area contributed by atoms with Crippen LogP contribution in [0.5, 0.6) is 0 Å². The Morgan fingerprint density at radius 2 is 1.79 bits per heavy atom. The molecular weight excluding hydrogens is 172 g/mol. The van der Waals surface area contributed by atoms with Crippen molar-refractivity contribution < 1.29 is 4.79 Å². The number of hydrogen-bond donors (Lipinski definition) is 0. The van der Waals surface area contributed by atoms with E-state index >= 15 is 0 Å². The van der Waals surface area contributed by atoms with Crippen LogP contribution in [0, 0.1) is 29.6 Å². The molecule has 0 rings (SSSR count). The molecular formula is C13H22O. The molecule has 0 bridgehead atoms. The van der Waals surface area contributed by atoms with Gasteiger partial charge in [-0.05, 0) is 19.3 Å². The maximum absolute atomic E-state index is 11.8. The van der Waals surface area contributed by atoms with E-state index in [9.17, 15) is 4.79 Å². The van der Waals surface area contributed by atoms with Crippen LogP contribution in [0.25, 0.3) is 0 Å². The van der Waals surface area contributed by atoms with Crippen molar-refractivity contribution in [1.29, 1.82) is 0 Å². The first-order chi connectivity index (χ1) is 6.49. The zero-order valence-electron chi connectivity index (χ0n) is 10.1. The van der Waals surface area contributed by atoms with Crippen LogP contribution in [-0.4, -0.2) is 5.78 Å². The summed E-state index contributed by atoms with van der Waals surface area (Å²) in [6, 6.07) is 0. The lowest BCUT2D eigenvalue weighted by molar-refractivity contribution is -0.126. The Morgan fingerprint density at radius 3 is 2.14 bits per heavy atom. The summed E-state index contributed by atoms with van der Waals surface area (Å²) < 4.78 is 0. The van der Waals surface area contributed by atoms with Gasteiger partial charge in [-0.25, -0.2) is 0 Å². The van der Waals surface area contributed by atoms with E-state index in [0.29, 0.717) is 11.7 Å². The molecule has 0 amide bonds. The van der Waals surface area contributed by atoms with Crippen molar-refractivity contribution in [2.75, 3.05) is 0 Å². The lowest BCUT2D eigenvalue weighted by atomic mass is 9.86. The molecule has 0 N–H and O–H groups in total. The van der Waals surface area contributed by atoms with Gasteiger partial charge in [0.2, 0.25) is 0 Å². The molecule has 0 spiro atoms. The van der Waals surface area contributed by atoms with Crippen molar-refractivity contribution in [3.8, 4) is 11.8 Å². The van der Waals surface area contributed by atoms with E-state index in [2.05, 4.69) is 25.7 Å². The maximum atomic E-state index is 11.8. The molecule has 0 aliphatic rings. The Labute approximate surface area is 88.3 Å². The lowest BCUT2D eigenvalue weighted by Crippen LogP contribution is -2.21. The molecule has 0 unspecified atom stereocenters. The zero-order chi connectivity index (χ0) is 11.1. The first-order valence-corrected chi connectivity index (χ1v) is 5.42. The minimum Gasteiger partial charge on any atom is -0.299 e. The lowest BCUT2D eigenvalue weighted by Gasteiger charge is -2.17. The molecule has 0 radical (unpaired) electrons. The van der Waals surface area contributed by atoms with E-state index in [1.165, 1.54) is 0 Å². The van der Waals surface area contributed by atoms with Gasteiger partial charge in [-0.3, -0.25) is 4.79 Å². The van der Waals surface area contributed by atoms with Crippen molar-refractivity contribution in [2.24, 2.45) is 17.8 Å². The van der Waals surface area contributed by atoms with Gasteiger partial charge in [0.25, 0.3) is 0 Å². The van der Waals surface area contributed by atoms with Gasteiger partial charge in [-0.1, -0.05) is 27.7 Å². The maximum Gasteiger partial charge on any atom is 0.139 e. The van der Waals surface area contributed by atoms with Crippen molar-refractivity contribution in [3.05, 3.63) is 0 Å². The average Bonchev–Trinajstić information content (AvgIpc) is 2.10. The molecule has 0 fully saturated rings. The van der Waals surface area contributed by atoms with E-state index in [1.54, 1.807) is 0 Å². The molecule has 0 aromatic rings. The molecule has 0 saturated heterocycles. The van der Waals surface area contributed by atoms with Gasteiger partial charge >= 0.3 is 0 Å². The summed E-state index contributed by atoms with van der Waals surface area (Å²) in [6.45, 7) is 10.1. The molecule has 0 heterocycles. The summed E-state index contributed by atoms with van der Waals surface area (Å²) in [5.74, 6) is 7.09. The van der Waals surface area contributed by atoms with Gasteiger partial charge in [-0.2, -0.15) is 0 Å². The van der Waals surface area contributed by atoms with Crippen LogP contribution in [0.3, 0.4) is 0 Å². The van der Waals surface area contributed by atoms with Crippen molar-refractivity contribution in [1.82, 2.24) is 0 Å². The normalized spacial score (nSPS) is 12.5. The Bertz CT molecular complexity index is 227. The Hall–Kier alpha value is -0.770. The first kappa shape index (κ1) is 13.2. The molecule has 1 nitrogen and oxygen atoms in total. The van der Waals surface area contributed by atoms with Crippen LogP contribution >= 0.6 is 0 Å². The van der Waals surface area contributed by atoms with Crippen LogP contribution in [0.1, 0.15) is 47.5 Å². The van der Waals surface area contributed by atoms with Crippen LogP contribution in [0.4, 0.5) is 0 Å². The summed E-state index contributed by atoms with van der Waals surface area (Å²) in [7, 11) is 0. The highest BCUT2D eigenvalue weighted by atomic mass is 16.1. The minimum atomic E-state index is 0.136. The van der Waals surface area contributed by atoms with Gasteiger partial charge < -0.3 is 0 Å². The quantitative estimate of drug-likeness (QED) is 0.614. The van der Waals surface area contributed by atoms with Crippen LogP contribution in [0.2, 0.25) is 0 Å². The predicted molar refractivity (Wildman–Crippen MR) is 60.9 cm³/mol. The second-order valence-electron chi connectivity index (χ2n) is 4.51. The molecule has 1 heteroatoms. The highest BCUT2D eigenvalue weighted by Gasteiger charge is 2.20. The monoisotopic (exact) mass is 194 g/mol. The van der Waals surface area contributed by atoms with Gasteiger partial charge in [0.1, 0.15) is 5.78 Å². The predicted octanol–water partition coefficient (Wildman–Crippen LogP) is 3.29. The Kier molecular flexibility index (Phi) is 6.28. The van der Waals surface area contributed by atoms with Gasteiger partial charge in [0, 0.05) is 18.3 Å². The number of carbonyl (C=O) groups is 1. The topological polar surface area (TPSA) is 17.1 Å². The van der Waals surface area contributed by atoms with Gasteiger partial charge in [0.05, 0.1) is 0 Å². The van der Waals surface area contributed by atoms with E-state index < -0.39 is 0 Å². The molecule has 1 atom stereocenters. The molecule has 0 aliphatic heterocycles. The van der Waals surface area contributed by atoms with Crippen molar-refractivity contribution >= 4 is 5.78 Å². The van der Waals surface area contributed by atoms with Crippen LogP contribution < -0.4 is 0 Å². The fourth-order valence-corrected chi connectivity index (χ4v) is 1.57. The summed E-state index contributed by atoms with van der Waals surface area (Å²) in [5.41, 5.74) is 0. The van der Waals surface area contributed by atoms with E-state index in [4.69, 9.17) is 0 Å². The van der Waals surface area contributed by atoms with E-state index in [0.717, 1.165) is 12.8 Å². The minimum absolute atomic E-state index is 0.136. The highest BCUT2D eigenvalue weighted by molar-refractivity contribution is 5.83. The molecule has 0 aromatic carbocycles. The summed E-state index contributed by atoms with van der Waals surface area (Å²) in [5, 5.41) is 0. The number of carbonyl (C=O) groups excluding carboxylic acids is 1. The standard InChI is InChI=1S/C13H22O/c1-6-7-8-12(9-10(2)3)13(14)11(4)5/h10-12H,8-9H2,1-5H3/t12-/m1/s1. The van der Waals surface area contributed by atoms with Crippen LogP contribution in [0.15, 0.2) is 0 Å². The Balaban J connectivity index is 4.35. The van der Waals surface area contributed by atoms with Gasteiger partial charge in [0.15, 0.2) is 0 Å². The van der Waals surface area contributed by atoms with E-state index in [-0.39, 0.29) is 11.8 Å². The smallest absolute Gasteiger partial charge is 0.139 e. The fourth-order valence-electron chi connectivity index (χ4n) is 1.57. The second kappa shape index (κ2) is 6.65. The van der Waals surface area contributed by atoms with Gasteiger partial charge in [-0.15, -0.1) is 11.8 Å². The summed E-state index contributed by atoms with van der Waals surface area (Å²) in [4.78, 5) is 11.8. The average molecular weight is 194 g/mol. The molecule has 0 aromatic heterocycles. The largest absolute Gasteiger partial charge is 0.299 e. The molecule has 80 valence electrons. The fraction of sp³-hybridized carbons (Fsp3) is 0.769. The van der Waals surface area contributed by atoms with E-state index in [1.807, 2.05) is 20.8 Å². The van der Waals surface area contributed by atoms with Crippen LogP contribution in [-0.2, 0) is 4.79 Å².